The number of ether oxygens (including phenoxy) is 1. The van der Waals surface area contributed by atoms with Crippen molar-refractivity contribution in [3.05, 3.63) is 59.4 Å². The van der Waals surface area contributed by atoms with Gasteiger partial charge in [-0.1, -0.05) is 23.7 Å². The van der Waals surface area contributed by atoms with Crippen molar-refractivity contribution in [2.45, 2.75) is 6.61 Å². The molecule has 0 unspecified atom stereocenters. The average molecular weight is 219 g/mol. The maximum atomic E-state index is 5.83. The molecule has 0 bridgehead atoms. The van der Waals surface area contributed by atoms with Gasteiger partial charge in [0, 0.05) is 11.2 Å². The van der Waals surface area contributed by atoms with Crippen LogP contribution in [0.2, 0.25) is 5.02 Å². The fraction of sp³-hybridized carbons (Fsp3) is 0.0833. The molecule has 0 fully saturated rings. The summed E-state index contributed by atoms with van der Waals surface area (Å²) < 4.78 is 5.51. The number of hydrogen-bond donors (Lipinski definition) is 0. The summed E-state index contributed by atoms with van der Waals surface area (Å²) in [6.45, 7) is 0.421. The van der Waals surface area contributed by atoms with E-state index in [1.54, 1.807) is 30.5 Å². The second-order valence-electron chi connectivity index (χ2n) is 2.99. The van der Waals surface area contributed by atoms with Crippen LogP contribution in [0.5, 0.6) is 5.75 Å². The molecule has 2 aromatic rings. The Kier molecular flexibility index (Phi) is 3.20. The fourth-order valence-corrected chi connectivity index (χ4v) is 1.34. The maximum absolute atomic E-state index is 5.83. The molecule has 0 N–H and O–H groups in total. The lowest BCUT2D eigenvalue weighted by Crippen LogP contribution is -1.97. The van der Waals surface area contributed by atoms with Crippen LogP contribution in [0.25, 0.3) is 0 Å². The number of nitrogens with zero attached hydrogens (tertiary/aromatic N) is 1. The first-order valence-electron chi connectivity index (χ1n) is 4.54. The molecular weight excluding hydrogens is 210 g/mol. The van der Waals surface area contributed by atoms with E-state index in [4.69, 9.17) is 16.3 Å². The first kappa shape index (κ1) is 9.99. The molecule has 0 aliphatic rings. The van der Waals surface area contributed by atoms with E-state index < -0.39 is 0 Å². The van der Waals surface area contributed by atoms with Gasteiger partial charge in [-0.2, -0.15) is 0 Å². The lowest BCUT2D eigenvalue weighted by atomic mass is 10.3. The Morgan fingerprint density at radius 2 is 2.07 bits per heavy atom. The third-order valence-corrected chi connectivity index (χ3v) is 2.09. The first-order valence-corrected chi connectivity index (χ1v) is 4.92. The molecule has 1 aromatic heterocycles. The quantitative estimate of drug-likeness (QED) is 0.790. The number of halogens is 1. The van der Waals surface area contributed by atoms with Crippen LogP contribution >= 0.6 is 11.6 Å². The normalized spacial score (nSPS) is 9.93. The number of rotatable bonds is 3. The number of pyridine rings is 1. The van der Waals surface area contributed by atoms with Crippen molar-refractivity contribution < 1.29 is 4.74 Å². The van der Waals surface area contributed by atoms with E-state index in [2.05, 4.69) is 11.1 Å². The summed E-state index contributed by atoms with van der Waals surface area (Å²) in [5.41, 5.74) is 0.815. The van der Waals surface area contributed by atoms with E-state index in [0.717, 1.165) is 11.4 Å². The molecule has 1 aromatic carbocycles. The van der Waals surface area contributed by atoms with Crippen molar-refractivity contribution in [1.82, 2.24) is 4.98 Å². The molecule has 0 saturated carbocycles. The van der Waals surface area contributed by atoms with Gasteiger partial charge in [0.2, 0.25) is 0 Å². The largest absolute Gasteiger partial charge is 0.487 e. The van der Waals surface area contributed by atoms with E-state index in [1.807, 2.05) is 12.1 Å². The Bertz CT molecular complexity index is 431. The topological polar surface area (TPSA) is 22.1 Å². The molecule has 0 amide bonds. The van der Waals surface area contributed by atoms with Crippen LogP contribution in [0.3, 0.4) is 0 Å². The Morgan fingerprint density at radius 1 is 1.27 bits per heavy atom. The third kappa shape index (κ3) is 2.96. The van der Waals surface area contributed by atoms with Gasteiger partial charge in [0.1, 0.15) is 12.4 Å². The number of benzene rings is 1. The van der Waals surface area contributed by atoms with Gasteiger partial charge in [0.05, 0.1) is 5.69 Å². The monoisotopic (exact) mass is 218 g/mol. The highest BCUT2D eigenvalue weighted by Gasteiger charge is 1.97. The van der Waals surface area contributed by atoms with Crippen molar-refractivity contribution >= 4 is 11.6 Å². The van der Waals surface area contributed by atoms with E-state index in [1.165, 1.54) is 0 Å². The minimum atomic E-state index is 0.421. The highest BCUT2D eigenvalue weighted by Crippen LogP contribution is 2.12. The van der Waals surface area contributed by atoms with Gasteiger partial charge in [-0.3, -0.25) is 4.98 Å². The predicted molar refractivity (Wildman–Crippen MR) is 58.9 cm³/mol. The molecule has 0 aliphatic heterocycles. The molecule has 0 spiro atoms. The Labute approximate surface area is 93.5 Å². The molecule has 0 atom stereocenters. The van der Waals surface area contributed by atoms with Gasteiger partial charge < -0.3 is 4.74 Å². The third-order valence-electron chi connectivity index (χ3n) is 1.85. The predicted octanol–water partition coefficient (Wildman–Crippen LogP) is 3.11. The molecular formula is C12H9ClNO. The Balaban J connectivity index is 1.99. The molecule has 0 aliphatic carbocycles. The van der Waals surface area contributed by atoms with Gasteiger partial charge in [0.25, 0.3) is 0 Å². The molecule has 0 saturated heterocycles. The van der Waals surface area contributed by atoms with E-state index in [9.17, 15) is 0 Å². The van der Waals surface area contributed by atoms with Crippen molar-refractivity contribution in [2.24, 2.45) is 0 Å². The highest BCUT2D eigenvalue weighted by molar-refractivity contribution is 6.30. The SMILES string of the molecule is Clc1ccnc(COc2cc[c]cc2)c1. The van der Waals surface area contributed by atoms with Gasteiger partial charge in [-0.05, 0) is 30.3 Å². The van der Waals surface area contributed by atoms with Crippen LogP contribution in [-0.2, 0) is 6.61 Å². The smallest absolute Gasteiger partial charge is 0.130 e. The lowest BCUT2D eigenvalue weighted by molar-refractivity contribution is 0.301. The summed E-state index contributed by atoms with van der Waals surface area (Å²) in [5.74, 6) is 0.801. The number of hydrogen-bond acceptors (Lipinski definition) is 2. The lowest BCUT2D eigenvalue weighted by Gasteiger charge is -2.04. The van der Waals surface area contributed by atoms with Crippen molar-refractivity contribution in [3.8, 4) is 5.75 Å². The van der Waals surface area contributed by atoms with Gasteiger partial charge in [-0.25, -0.2) is 0 Å². The zero-order valence-corrected chi connectivity index (χ0v) is 8.74. The van der Waals surface area contributed by atoms with Crippen LogP contribution < -0.4 is 4.74 Å². The molecule has 2 nitrogen and oxygen atoms in total. The average Bonchev–Trinajstić information content (AvgIpc) is 2.28. The van der Waals surface area contributed by atoms with E-state index in [-0.39, 0.29) is 0 Å². The van der Waals surface area contributed by atoms with Crippen LogP contribution in [0.15, 0.2) is 42.6 Å². The van der Waals surface area contributed by atoms with Crippen LogP contribution in [-0.4, -0.2) is 4.98 Å². The maximum Gasteiger partial charge on any atom is 0.130 e. The Hall–Kier alpha value is -1.54. The minimum Gasteiger partial charge on any atom is -0.487 e. The van der Waals surface area contributed by atoms with Crippen LogP contribution in [0, 0.1) is 6.07 Å². The van der Waals surface area contributed by atoms with Crippen molar-refractivity contribution in [2.75, 3.05) is 0 Å². The summed E-state index contributed by atoms with van der Waals surface area (Å²) in [4.78, 5) is 4.14. The second-order valence-corrected chi connectivity index (χ2v) is 3.43. The van der Waals surface area contributed by atoms with E-state index >= 15 is 0 Å². The molecule has 75 valence electrons. The zero-order valence-electron chi connectivity index (χ0n) is 7.98. The summed E-state index contributed by atoms with van der Waals surface area (Å²) >= 11 is 5.83. The molecule has 3 heteroatoms. The van der Waals surface area contributed by atoms with Crippen LogP contribution in [0.4, 0.5) is 0 Å². The molecule has 2 rings (SSSR count). The van der Waals surface area contributed by atoms with Gasteiger partial charge in [-0.15, -0.1) is 0 Å². The second kappa shape index (κ2) is 4.80. The van der Waals surface area contributed by atoms with Gasteiger partial charge >= 0.3 is 0 Å². The highest BCUT2D eigenvalue weighted by atomic mass is 35.5. The first-order chi connectivity index (χ1) is 7.34. The summed E-state index contributed by atoms with van der Waals surface area (Å²) in [6, 6.07) is 13.8. The zero-order chi connectivity index (χ0) is 10.5. The van der Waals surface area contributed by atoms with Crippen LogP contribution in [0.1, 0.15) is 5.69 Å². The standard InChI is InChI=1S/C12H9ClNO/c13-10-6-7-14-11(8-10)9-15-12-4-2-1-3-5-12/h2-8H,9H2. The summed E-state index contributed by atoms with van der Waals surface area (Å²) in [5, 5.41) is 0.671. The fourth-order valence-electron chi connectivity index (χ4n) is 1.15. The van der Waals surface area contributed by atoms with Gasteiger partial charge in [0.15, 0.2) is 0 Å². The molecule has 1 heterocycles. The Morgan fingerprint density at radius 3 is 2.80 bits per heavy atom. The van der Waals surface area contributed by atoms with Crippen molar-refractivity contribution in [3.63, 3.8) is 0 Å². The summed E-state index contributed by atoms with van der Waals surface area (Å²) in [7, 11) is 0. The van der Waals surface area contributed by atoms with E-state index in [0.29, 0.717) is 11.6 Å². The number of aromatic nitrogens is 1. The molecule has 15 heavy (non-hydrogen) atoms. The molecule has 1 radical (unpaired) electrons. The van der Waals surface area contributed by atoms with Crippen molar-refractivity contribution in [1.29, 1.82) is 0 Å². The minimum absolute atomic E-state index is 0.421. The summed E-state index contributed by atoms with van der Waals surface area (Å²) in [6.07, 6.45) is 1.67.